The van der Waals surface area contributed by atoms with Gasteiger partial charge in [0, 0.05) is 4.47 Å². The molecule has 0 amide bonds. The third-order valence-electron chi connectivity index (χ3n) is 2.27. The van der Waals surface area contributed by atoms with Gasteiger partial charge in [-0.15, -0.1) is 0 Å². The topological polar surface area (TPSA) is 51.2 Å². The largest absolute Gasteiger partial charge is 0.467 e. The normalized spacial score (nSPS) is 12.7. The molecule has 1 atom stereocenters. The van der Waals surface area contributed by atoms with Crippen molar-refractivity contribution in [1.82, 2.24) is 5.43 Å². The Bertz CT molecular complexity index is 473. The maximum absolute atomic E-state index is 13.0. The number of furan rings is 1. The molecule has 3 N–H and O–H groups in total. The van der Waals surface area contributed by atoms with Gasteiger partial charge in [-0.2, -0.15) is 0 Å². The zero-order chi connectivity index (χ0) is 11.5. The number of benzene rings is 1. The lowest BCUT2D eigenvalue weighted by molar-refractivity contribution is 0.451. The summed E-state index contributed by atoms with van der Waals surface area (Å²) in [6.45, 7) is 0. The number of hydrogen-bond donors (Lipinski definition) is 2. The molecule has 0 aliphatic rings. The molecule has 0 aliphatic heterocycles. The van der Waals surface area contributed by atoms with Crippen LogP contribution in [0.25, 0.3) is 0 Å². The van der Waals surface area contributed by atoms with Crippen LogP contribution in [-0.4, -0.2) is 0 Å². The molecule has 0 aliphatic carbocycles. The Morgan fingerprint density at radius 1 is 1.38 bits per heavy atom. The predicted molar refractivity (Wildman–Crippen MR) is 62.0 cm³/mol. The lowest BCUT2D eigenvalue weighted by Gasteiger charge is -2.15. The van der Waals surface area contributed by atoms with Gasteiger partial charge in [-0.1, -0.05) is 22.0 Å². The summed E-state index contributed by atoms with van der Waals surface area (Å²) in [5.74, 6) is 5.85. The second-order valence-corrected chi connectivity index (χ2v) is 4.14. The Hall–Kier alpha value is -1.17. The van der Waals surface area contributed by atoms with Crippen molar-refractivity contribution >= 4 is 15.9 Å². The Kier molecular flexibility index (Phi) is 3.38. The molecule has 16 heavy (non-hydrogen) atoms. The van der Waals surface area contributed by atoms with Gasteiger partial charge in [-0.05, 0) is 29.8 Å². The fourth-order valence-corrected chi connectivity index (χ4v) is 2.10. The van der Waals surface area contributed by atoms with Crippen molar-refractivity contribution in [3.63, 3.8) is 0 Å². The fourth-order valence-electron chi connectivity index (χ4n) is 1.52. The van der Waals surface area contributed by atoms with E-state index in [0.717, 1.165) is 5.56 Å². The molecule has 5 heteroatoms. The minimum atomic E-state index is -0.301. The Balaban J connectivity index is 2.41. The summed E-state index contributed by atoms with van der Waals surface area (Å²) in [6, 6.07) is 7.71. The van der Waals surface area contributed by atoms with E-state index in [4.69, 9.17) is 10.3 Å². The van der Waals surface area contributed by atoms with Crippen LogP contribution in [0.3, 0.4) is 0 Å². The minimum Gasteiger partial charge on any atom is -0.467 e. The second-order valence-electron chi connectivity index (χ2n) is 3.28. The van der Waals surface area contributed by atoms with Crippen LogP contribution in [0.4, 0.5) is 4.39 Å². The van der Waals surface area contributed by atoms with Crippen LogP contribution < -0.4 is 11.3 Å². The number of rotatable bonds is 3. The highest BCUT2D eigenvalue weighted by Crippen LogP contribution is 2.28. The van der Waals surface area contributed by atoms with E-state index >= 15 is 0 Å². The first-order chi connectivity index (χ1) is 7.72. The molecule has 84 valence electrons. The van der Waals surface area contributed by atoms with Crippen LogP contribution in [0.15, 0.2) is 45.5 Å². The van der Waals surface area contributed by atoms with Crippen LogP contribution >= 0.6 is 15.9 Å². The zero-order valence-corrected chi connectivity index (χ0v) is 9.87. The average molecular weight is 285 g/mol. The molecule has 0 fully saturated rings. The first kappa shape index (κ1) is 11.3. The maximum atomic E-state index is 13.0. The van der Waals surface area contributed by atoms with Crippen LogP contribution in [-0.2, 0) is 0 Å². The highest BCUT2D eigenvalue weighted by molar-refractivity contribution is 9.10. The van der Waals surface area contributed by atoms with Gasteiger partial charge < -0.3 is 4.42 Å². The van der Waals surface area contributed by atoms with Crippen molar-refractivity contribution in [3.8, 4) is 0 Å². The number of hydrogen-bond acceptors (Lipinski definition) is 3. The molecule has 1 aromatic carbocycles. The number of halogens is 2. The lowest BCUT2D eigenvalue weighted by Crippen LogP contribution is -2.28. The smallest absolute Gasteiger partial charge is 0.126 e. The van der Waals surface area contributed by atoms with Crippen molar-refractivity contribution in [1.29, 1.82) is 0 Å². The summed E-state index contributed by atoms with van der Waals surface area (Å²) in [6.07, 6.45) is 1.57. The molecular formula is C11H10BrFN2O. The molecule has 0 saturated heterocycles. The van der Waals surface area contributed by atoms with Gasteiger partial charge in [0.2, 0.25) is 0 Å². The standard InChI is InChI=1S/C11H10BrFN2O/c12-9-6-7(13)3-4-8(9)11(15-14)10-2-1-5-16-10/h1-6,11,15H,14H2. The summed E-state index contributed by atoms with van der Waals surface area (Å²) in [5, 5.41) is 0. The van der Waals surface area contributed by atoms with Crippen molar-refractivity contribution in [2.75, 3.05) is 0 Å². The van der Waals surface area contributed by atoms with E-state index in [0.29, 0.717) is 10.2 Å². The van der Waals surface area contributed by atoms with Gasteiger partial charge in [0.15, 0.2) is 0 Å². The van der Waals surface area contributed by atoms with Gasteiger partial charge in [0.05, 0.1) is 6.26 Å². The van der Waals surface area contributed by atoms with Gasteiger partial charge >= 0.3 is 0 Å². The predicted octanol–water partition coefficient (Wildman–Crippen LogP) is 2.73. The summed E-state index contributed by atoms with van der Waals surface area (Å²) in [5.41, 5.74) is 3.45. The maximum Gasteiger partial charge on any atom is 0.126 e. The molecule has 0 radical (unpaired) electrons. The van der Waals surface area contributed by atoms with Crippen molar-refractivity contribution in [2.45, 2.75) is 6.04 Å². The number of nitrogens with two attached hydrogens (primary N) is 1. The van der Waals surface area contributed by atoms with E-state index in [1.165, 1.54) is 12.1 Å². The molecule has 2 rings (SSSR count). The van der Waals surface area contributed by atoms with Gasteiger partial charge in [0.25, 0.3) is 0 Å². The monoisotopic (exact) mass is 284 g/mol. The summed E-state index contributed by atoms with van der Waals surface area (Å²) in [4.78, 5) is 0. The van der Waals surface area contributed by atoms with E-state index in [1.807, 2.05) is 0 Å². The van der Waals surface area contributed by atoms with Gasteiger partial charge in [-0.3, -0.25) is 5.84 Å². The van der Waals surface area contributed by atoms with Gasteiger partial charge in [-0.25, -0.2) is 9.82 Å². The highest BCUT2D eigenvalue weighted by Gasteiger charge is 2.17. The molecule has 0 saturated carbocycles. The summed E-state index contributed by atoms with van der Waals surface area (Å²) in [7, 11) is 0. The molecule has 1 heterocycles. The van der Waals surface area contributed by atoms with Crippen molar-refractivity contribution in [2.24, 2.45) is 5.84 Å². The van der Waals surface area contributed by atoms with Crippen LogP contribution in [0, 0.1) is 5.82 Å². The zero-order valence-electron chi connectivity index (χ0n) is 8.28. The SMILES string of the molecule is NNC(c1ccco1)c1ccc(F)cc1Br. The Labute approximate surface area is 101 Å². The quantitative estimate of drug-likeness (QED) is 0.673. The molecule has 0 spiro atoms. The minimum absolute atomic E-state index is 0.300. The fraction of sp³-hybridized carbons (Fsp3) is 0.0909. The van der Waals surface area contributed by atoms with Crippen LogP contribution in [0.2, 0.25) is 0 Å². The molecule has 0 bridgehead atoms. The van der Waals surface area contributed by atoms with Crippen molar-refractivity contribution in [3.05, 3.63) is 58.2 Å². The second kappa shape index (κ2) is 4.78. The molecule has 1 unspecified atom stereocenters. The Morgan fingerprint density at radius 3 is 2.75 bits per heavy atom. The third kappa shape index (κ3) is 2.16. The highest BCUT2D eigenvalue weighted by atomic mass is 79.9. The van der Waals surface area contributed by atoms with E-state index in [-0.39, 0.29) is 11.9 Å². The van der Waals surface area contributed by atoms with Crippen LogP contribution in [0.1, 0.15) is 17.4 Å². The molecule has 3 nitrogen and oxygen atoms in total. The van der Waals surface area contributed by atoms with E-state index < -0.39 is 0 Å². The number of nitrogens with one attached hydrogen (secondary N) is 1. The van der Waals surface area contributed by atoms with Crippen LogP contribution in [0.5, 0.6) is 0 Å². The van der Waals surface area contributed by atoms with Gasteiger partial charge in [0.1, 0.15) is 17.6 Å². The average Bonchev–Trinajstić information content (AvgIpc) is 2.75. The summed E-state index contributed by atoms with van der Waals surface area (Å²) >= 11 is 3.30. The third-order valence-corrected chi connectivity index (χ3v) is 2.95. The molecular weight excluding hydrogens is 275 g/mol. The first-order valence-electron chi connectivity index (χ1n) is 4.67. The van der Waals surface area contributed by atoms with E-state index in [9.17, 15) is 4.39 Å². The summed E-state index contributed by atoms with van der Waals surface area (Å²) < 4.78 is 18.9. The van der Waals surface area contributed by atoms with E-state index in [2.05, 4.69) is 21.4 Å². The number of hydrazine groups is 1. The molecule has 2 aromatic rings. The molecule has 1 aromatic heterocycles. The Morgan fingerprint density at radius 2 is 2.19 bits per heavy atom. The first-order valence-corrected chi connectivity index (χ1v) is 5.46. The van der Waals surface area contributed by atoms with E-state index in [1.54, 1.807) is 24.5 Å². The van der Waals surface area contributed by atoms with Crippen molar-refractivity contribution < 1.29 is 8.81 Å². The lowest BCUT2D eigenvalue weighted by atomic mass is 10.1.